The Labute approximate surface area is 110 Å². The van der Waals surface area contributed by atoms with Crippen LogP contribution in [0.5, 0.6) is 0 Å². The monoisotopic (exact) mass is 277 g/mol. The lowest BCUT2D eigenvalue weighted by Gasteiger charge is -2.03. The normalized spacial score (nSPS) is 11.2. The molecule has 0 saturated heterocycles. The molecule has 6 heteroatoms. The van der Waals surface area contributed by atoms with Crippen LogP contribution in [-0.2, 0) is 9.84 Å². The van der Waals surface area contributed by atoms with Gasteiger partial charge in [0, 0.05) is 11.8 Å². The number of benzene rings is 1. The second-order valence-electron chi connectivity index (χ2n) is 4.01. The van der Waals surface area contributed by atoms with Crippen molar-refractivity contribution in [2.45, 2.75) is 4.90 Å². The number of carboxylic acids is 1. The highest BCUT2D eigenvalue weighted by molar-refractivity contribution is 7.90. The minimum absolute atomic E-state index is 0.0512. The molecule has 1 aromatic heterocycles. The molecule has 0 fully saturated rings. The maximum Gasteiger partial charge on any atom is 0.354 e. The largest absolute Gasteiger partial charge is 0.477 e. The van der Waals surface area contributed by atoms with Gasteiger partial charge >= 0.3 is 5.97 Å². The highest BCUT2D eigenvalue weighted by Gasteiger charge is 2.09. The van der Waals surface area contributed by atoms with Crippen LogP contribution in [0.15, 0.2) is 47.4 Å². The van der Waals surface area contributed by atoms with E-state index in [4.69, 9.17) is 5.11 Å². The summed E-state index contributed by atoms with van der Waals surface area (Å²) >= 11 is 0. The van der Waals surface area contributed by atoms with E-state index in [1.165, 1.54) is 18.2 Å². The molecule has 1 N–H and O–H groups in total. The molecular weight excluding hydrogens is 266 g/mol. The van der Waals surface area contributed by atoms with Crippen LogP contribution in [0.25, 0.3) is 11.3 Å². The van der Waals surface area contributed by atoms with Crippen molar-refractivity contribution < 1.29 is 18.3 Å². The van der Waals surface area contributed by atoms with Gasteiger partial charge in [0.1, 0.15) is 5.69 Å². The Morgan fingerprint density at radius 1 is 1.11 bits per heavy atom. The van der Waals surface area contributed by atoms with E-state index in [0.29, 0.717) is 11.3 Å². The van der Waals surface area contributed by atoms with E-state index in [2.05, 4.69) is 4.98 Å². The van der Waals surface area contributed by atoms with Gasteiger partial charge in [-0.15, -0.1) is 0 Å². The number of sulfone groups is 1. The molecule has 1 heterocycles. The van der Waals surface area contributed by atoms with E-state index in [1.54, 1.807) is 24.3 Å². The van der Waals surface area contributed by atoms with Crippen molar-refractivity contribution in [1.82, 2.24) is 4.98 Å². The smallest absolute Gasteiger partial charge is 0.354 e. The number of nitrogens with zero attached hydrogens (tertiary/aromatic N) is 1. The molecular formula is C13H11NO4S. The molecule has 2 aromatic rings. The van der Waals surface area contributed by atoms with Crippen molar-refractivity contribution in [1.29, 1.82) is 0 Å². The third kappa shape index (κ3) is 2.97. The average Bonchev–Trinajstić information content (AvgIpc) is 2.38. The molecule has 0 unspecified atom stereocenters. The van der Waals surface area contributed by atoms with Gasteiger partial charge in [-0.2, -0.15) is 0 Å². The van der Waals surface area contributed by atoms with Gasteiger partial charge in [0.05, 0.1) is 10.6 Å². The maximum atomic E-state index is 11.3. The van der Waals surface area contributed by atoms with Crippen LogP contribution in [0.1, 0.15) is 10.5 Å². The number of aromatic nitrogens is 1. The van der Waals surface area contributed by atoms with Crippen LogP contribution in [0.4, 0.5) is 0 Å². The molecule has 19 heavy (non-hydrogen) atoms. The van der Waals surface area contributed by atoms with Gasteiger partial charge in [-0.1, -0.05) is 18.2 Å². The van der Waals surface area contributed by atoms with Crippen LogP contribution >= 0.6 is 0 Å². The zero-order chi connectivity index (χ0) is 14.0. The second kappa shape index (κ2) is 4.81. The standard InChI is InChI=1S/C13H11NO4S/c1-19(17,18)10-7-5-9(6-8-10)11-3-2-4-12(14-11)13(15)16/h2-8H,1H3,(H,15,16). The summed E-state index contributed by atoms with van der Waals surface area (Å²) in [5, 5.41) is 8.87. The molecule has 0 aliphatic heterocycles. The molecule has 0 aliphatic carbocycles. The first kappa shape index (κ1) is 13.2. The van der Waals surface area contributed by atoms with E-state index in [9.17, 15) is 13.2 Å². The fourth-order valence-electron chi connectivity index (χ4n) is 1.59. The number of carboxylic acid groups (broad SMARTS) is 1. The van der Waals surface area contributed by atoms with Crippen molar-refractivity contribution in [3.8, 4) is 11.3 Å². The molecule has 0 radical (unpaired) electrons. The van der Waals surface area contributed by atoms with E-state index in [-0.39, 0.29) is 10.6 Å². The van der Waals surface area contributed by atoms with Crippen LogP contribution in [0.3, 0.4) is 0 Å². The van der Waals surface area contributed by atoms with Crippen molar-refractivity contribution in [2.24, 2.45) is 0 Å². The van der Waals surface area contributed by atoms with Gasteiger partial charge in [0.2, 0.25) is 0 Å². The number of carbonyl (C=O) groups is 1. The zero-order valence-corrected chi connectivity index (χ0v) is 10.9. The van der Waals surface area contributed by atoms with Crippen molar-refractivity contribution in [2.75, 3.05) is 6.26 Å². The Bertz CT molecular complexity index is 721. The van der Waals surface area contributed by atoms with E-state index in [0.717, 1.165) is 6.26 Å². The first-order valence-corrected chi connectivity index (χ1v) is 7.28. The molecule has 0 bridgehead atoms. The number of rotatable bonds is 3. The summed E-state index contributed by atoms with van der Waals surface area (Å²) in [4.78, 5) is 15.0. The van der Waals surface area contributed by atoms with Crippen LogP contribution in [0, 0.1) is 0 Å². The van der Waals surface area contributed by atoms with Crippen molar-refractivity contribution >= 4 is 15.8 Å². The third-order valence-electron chi connectivity index (χ3n) is 2.55. The lowest BCUT2D eigenvalue weighted by Crippen LogP contribution is -2.01. The van der Waals surface area contributed by atoms with Crippen LogP contribution in [0.2, 0.25) is 0 Å². The number of aromatic carboxylic acids is 1. The quantitative estimate of drug-likeness (QED) is 0.925. The summed E-state index contributed by atoms with van der Waals surface area (Å²) in [6, 6.07) is 10.8. The SMILES string of the molecule is CS(=O)(=O)c1ccc(-c2cccc(C(=O)O)n2)cc1. The van der Waals surface area contributed by atoms with Gasteiger partial charge in [0.25, 0.3) is 0 Å². The molecule has 2 rings (SSSR count). The average molecular weight is 277 g/mol. The van der Waals surface area contributed by atoms with Gasteiger partial charge in [-0.25, -0.2) is 18.2 Å². The molecule has 1 aromatic carbocycles. The Morgan fingerprint density at radius 3 is 2.26 bits per heavy atom. The fraction of sp³-hybridized carbons (Fsp3) is 0.0769. The van der Waals surface area contributed by atoms with E-state index < -0.39 is 15.8 Å². The molecule has 0 atom stereocenters. The topological polar surface area (TPSA) is 84.3 Å². The molecule has 0 aliphatic rings. The van der Waals surface area contributed by atoms with Crippen molar-refractivity contribution in [3.05, 3.63) is 48.2 Å². The van der Waals surface area contributed by atoms with Gasteiger partial charge < -0.3 is 5.11 Å². The lowest BCUT2D eigenvalue weighted by molar-refractivity contribution is 0.0690. The molecule has 98 valence electrons. The fourth-order valence-corrected chi connectivity index (χ4v) is 2.22. The summed E-state index contributed by atoms with van der Waals surface area (Å²) in [7, 11) is -3.24. The Kier molecular flexibility index (Phi) is 3.35. The molecule has 5 nitrogen and oxygen atoms in total. The highest BCUT2D eigenvalue weighted by atomic mass is 32.2. The van der Waals surface area contributed by atoms with Gasteiger partial charge in [-0.05, 0) is 24.3 Å². The van der Waals surface area contributed by atoms with E-state index >= 15 is 0 Å². The summed E-state index contributed by atoms with van der Waals surface area (Å²) < 4.78 is 22.7. The Balaban J connectivity index is 2.43. The summed E-state index contributed by atoms with van der Waals surface area (Å²) in [5.41, 5.74) is 1.10. The number of hydrogen-bond acceptors (Lipinski definition) is 4. The van der Waals surface area contributed by atoms with Crippen LogP contribution in [-0.4, -0.2) is 30.7 Å². The molecule has 0 spiro atoms. The molecule has 0 saturated carbocycles. The highest BCUT2D eigenvalue weighted by Crippen LogP contribution is 2.19. The lowest BCUT2D eigenvalue weighted by atomic mass is 10.1. The first-order chi connectivity index (χ1) is 8.88. The predicted octanol–water partition coefficient (Wildman–Crippen LogP) is 1.85. The first-order valence-electron chi connectivity index (χ1n) is 5.39. The Hall–Kier alpha value is -2.21. The minimum Gasteiger partial charge on any atom is -0.477 e. The maximum absolute atomic E-state index is 11.3. The summed E-state index contributed by atoms with van der Waals surface area (Å²) in [6.45, 7) is 0. The van der Waals surface area contributed by atoms with E-state index in [1.807, 2.05) is 0 Å². The summed E-state index contributed by atoms with van der Waals surface area (Å²) in [6.07, 6.45) is 1.13. The van der Waals surface area contributed by atoms with Crippen LogP contribution < -0.4 is 0 Å². The number of hydrogen-bond donors (Lipinski definition) is 1. The minimum atomic E-state index is -3.24. The second-order valence-corrected chi connectivity index (χ2v) is 6.03. The number of pyridine rings is 1. The predicted molar refractivity (Wildman–Crippen MR) is 69.7 cm³/mol. The zero-order valence-electron chi connectivity index (χ0n) is 10.1. The summed E-state index contributed by atoms with van der Waals surface area (Å²) in [5.74, 6) is -1.10. The van der Waals surface area contributed by atoms with Gasteiger partial charge in [0.15, 0.2) is 9.84 Å². The third-order valence-corrected chi connectivity index (χ3v) is 3.67. The van der Waals surface area contributed by atoms with Gasteiger partial charge in [-0.3, -0.25) is 0 Å². The molecule has 0 amide bonds. The van der Waals surface area contributed by atoms with Crippen molar-refractivity contribution in [3.63, 3.8) is 0 Å². The Morgan fingerprint density at radius 2 is 1.74 bits per heavy atom.